The van der Waals surface area contributed by atoms with E-state index >= 15 is 0 Å². The molecule has 0 bridgehead atoms. The van der Waals surface area contributed by atoms with Crippen molar-refractivity contribution in [2.24, 2.45) is 5.92 Å². The lowest BCUT2D eigenvalue weighted by Gasteiger charge is -2.28. The van der Waals surface area contributed by atoms with Crippen molar-refractivity contribution in [3.05, 3.63) is 28.8 Å². The summed E-state index contributed by atoms with van der Waals surface area (Å²) in [5.74, 6) is 1.19. The Morgan fingerprint density at radius 2 is 2.00 bits per heavy atom. The molecule has 1 N–H and O–H groups in total. The Morgan fingerprint density at radius 1 is 1.28 bits per heavy atom. The van der Waals surface area contributed by atoms with E-state index in [2.05, 4.69) is 38.8 Å². The molecule has 0 radical (unpaired) electrons. The average Bonchev–Trinajstić information content (AvgIpc) is 3.07. The molecule has 9 heteroatoms. The second kappa shape index (κ2) is 9.82. The summed E-state index contributed by atoms with van der Waals surface area (Å²) in [4.78, 5) is 15.0. The number of morpholine rings is 1. The van der Waals surface area contributed by atoms with Crippen molar-refractivity contribution in [1.82, 2.24) is 14.8 Å². The van der Waals surface area contributed by atoms with E-state index < -0.39 is 0 Å². The molecule has 1 aromatic heterocycles. The van der Waals surface area contributed by atoms with E-state index in [1.54, 1.807) is 0 Å². The number of carbonyl (C=O) groups is 1. The molecule has 1 fully saturated rings. The maximum absolute atomic E-state index is 12.8. The predicted octanol–water partition coefficient (Wildman–Crippen LogP) is 3.85. The Bertz CT molecular complexity index is 851. The number of amides is 1. The summed E-state index contributed by atoms with van der Waals surface area (Å²) in [6.07, 6.45) is 0. The molecule has 1 atom stereocenters. The summed E-state index contributed by atoms with van der Waals surface area (Å²) < 4.78 is 7.57. The quantitative estimate of drug-likeness (QED) is 0.663. The van der Waals surface area contributed by atoms with Crippen LogP contribution in [-0.4, -0.2) is 52.2 Å². The van der Waals surface area contributed by atoms with E-state index in [0.29, 0.717) is 24.2 Å². The number of nitrogens with one attached hydrogen (secondary N) is 1. The van der Waals surface area contributed by atoms with Gasteiger partial charge in [0.1, 0.15) is 0 Å². The number of rotatable bonds is 7. The fourth-order valence-electron chi connectivity index (χ4n) is 3.08. The monoisotopic (exact) mass is 437 g/mol. The van der Waals surface area contributed by atoms with E-state index in [9.17, 15) is 4.79 Å². The summed E-state index contributed by atoms with van der Waals surface area (Å²) in [6, 6.07) is 5.50. The molecule has 158 valence electrons. The van der Waals surface area contributed by atoms with Crippen molar-refractivity contribution in [3.8, 4) is 0 Å². The molecule has 1 aliphatic heterocycles. The molecule has 1 aromatic carbocycles. The number of nitrogens with zero attached hydrogens (tertiary/aromatic N) is 4. The zero-order chi connectivity index (χ0) is 21.0. The fraction of sp³-hybridized carbons (Fsp3) is 0.550. The first-order chi connectivity index (χ1) is 13.9. The Balaban J connectivity index is 1.74. The van der Waals surface area contributed by atoms with Crippen molar-refractivity contribution < 1.29 is 9.53 Å². The molecular weight excluding hydrogens is 410 g/mol. The van der Waals surface area contributed by atoms with Crippen LogP contribution in [0.3, 0.4) is 0 Å². The highest BCUT2D eigenvalue weighted by Gasteiger charge is 2.24. The zero-order valence-electron chi connectivity index (χ0n) is 17.3. The van der Waals surface area contributed by atoms with Crippen LogP contribution >= 0.6 is 23.4 Å². The topological polar surface area (TPSA) is 72.3 Å². The lowest BCUT2D eigenvalue weighted by atomic mass is 10.2. The van der Waals surface area contributed by atoms with Crippen LogP contribution in [0.1, 0.15) is 26.3 Å². The lowest BCUT2D eigenvalue weighted by Crippen LogP contribution is -2.38. The molecule has 0 spiro atoms. The SMILES string of the molecule is Cc1c(Cl)cccc1NC(=O)C(C)Sc1nnc(N2CCOCC2)n1CC(C)C. The molecule has 7 nitrogen and oxygen atoms in total. The van der Waals surface area contributed by atoms with E-state index in [0.717, 1.165) is 42.0 Å². The van der Waals surface area contributed by atoms with Gasteiger partial charge in [0, 0.05) is 30.3 Å². The molecule has 2 heterocycles. The summed E-state index contributed by atoms with van der Waals surface area (Å²) in [7, 11) is 0. The number of hydrogen-bond donors (Lipinski definition) is 1. The minimum absolute atomic E-state index is 0.0904. The predicted molar refractivity (Wildman–Crippen MR) is 118 cm³/mol. The van der Waals surface area contributed by atoms with Crippen molar-refractivity contribution >= 4 is 40.9 Å². The van der Waals surface area contributed by atoms with Gasteiger partial charge in [0.05, 0.1) is 18.5 Å². The maximum Gasteiger partial charge on any atom is 0.237 e. The lowest BCUT2D eigenvalue weighted by molar-refractivity contribution is -0.115. The van der Waals surface area contributed by atoms with E-state index in [-0.39, 0.29) is 11.2 Å². The molecule has 1 aliphatic rings. The molecule has 1 saturated heterocycles. The van der Waals surface area contributed by atoms with E-state index in [1.165, 1.54) is 11.8 Å². The molecule has 0 saturated carbocycles. The maximum atomic E-state index is 12.8. The van der Waals surface area contributed by atoms with Crippen LogP contribution in [0.15, 0.2) is 23.4 Å². The van der Waals surface area contributed by atoms with Crippen LogP contribution in [0.25, 0.3) is 0 Å². The van der Waals surface area contributed by atoms with E-state index in [4.69, 9.17) is 16.3 Å². The number of halogens is 1. The highest BCUT2D eigenvalue weighted by atomic mass is 35.5. The summed E-state index contributed by atoms with van der Waals surface area (Å²) in [5.41, 5.74) is 1.59. The number of anilines is 2. The van der Waals surface area contributed by atoms with Crippen LogP contribution < -0.4 is 10.2 Å². The van der Waals surface area contributed by atoms with Gasteiger partial charge in [-0.25, -0.2) is 0 Å². The standard InChI is InChI=1S/C20H28ClN5O2S/c1-13(2)12-26-19(25-8-10-28-11-9-25)23-24-20(26)29-15(4)18(27)22-17-7-5-6-16(21)14(17)3/h5-7,13,15H,8-12H2,1-4H3,(H,22,27). The van der Waals surface area contributed by atoms with Crippen LogP contribution in [0.5, 0.6) is 0 Å². The Kier molecular flexibility index (Phi) is 7.43. The van der Waals surface area contributed by atoms with Gasteiger partial charge >= 0.3 is 0 Å². The third kappa shape index (κ3) is 5.43. The fourth-order valence-corrected chi connectivity index (χ4v) is 4.11. The third-order valence-electron chi connectivity index (χ3n) is 4.72. The second-order valence-corrected chi connectivity index (χ2v) is 9.26. The second-order valence-electron chi connectivity index (χ2n) is 7.55. The van der Waals surface area contributed by atoms with Gasteiger partial charge in [-0.15, -0.1) is 10.2 Å². The van der Waals surface area contributed by atoms with Crippen molar-refractivity contribution in [1.29, 1.82) is 0 Å². The van der Waals surface area contributed by atoms with Gasteiger partial charge in [-0.1, -0.05) is 43.3 Å². The van der Waals surface area contributed by atoms with Crippen molar-refractivity contribution in [2.75, 3.05) is 36.5 Å². The van der Waals surface area contributed by atoms with Gasteiger partial charge in [0.25, 0.3) is 0 Å². The minimum Gasteiger partial charge on any atom is -0.378 e. The summed E-state index contributed by atoms with van der Waals surface area (Å²) in [5, 5.41) is 12.9. The first-order valence-electron chi connectivity index (χ1n) is 9.85. The number of aromatic nitrogens is 3. The number of thioether (sulfide) groups is 1. The number of ether oxygens (including phenoxy) is 1. The van der Waals surface area contributed by atoms with Crippen LogP contribution in [0, 0.1) is 12.8 Å². The van der Waals surface area contributed by atoms with Crippen LogP contribution in [-0.2, 0) is 16.1 Å². The van der Waals surface area contributed by atoms with Gasteiger partial charge in [0.15, 0.2) is 5.16 Å². The van der Waals surface area contributed by atoms with Gasteiger partial charge in [-0.2, -0.15) is 0 Å². The highest BCUT2D eigenvalue weighted by Crippen LogP contribution is 2.29. The van der Waals surface area contributed by atoms with Gasteiger partial charge in [0.2, 0.25) is 11.9 Å². The molecule has 1 unspecified atom stereocenters. The number of benzene rings is 1. The number of hydrogen-bond acceptors (Lipinski definition) is 6. The van der Waals surface area contributed by atoms with Gasteiger partial charge in [-0.3, -0.25) is 9.36 Å². The zero-order valence-corrected chi connectivity index (χ0v) is 18.9. The van der Waals surface area contributed by atoms with Crippen LogP contribution in [0.4, 0.5) is 11.6 Å². The molecule has 0 aliphatic carbocycles. The van der Waals surface area contributed by atoms with Crippen molar-refractivity contribution in [2.45, 2.75) is 44.6 Å². The Hall–Kier alpha value is -1.77. The smallest absolute Gasteiger partial charge is 0.237 e. The van der Waals surface area contributed by atoms with Crippen LogP contribution in [0.2, 0.25) is 5.02 Å². The third-order valence-corrected chi connectivity index (χ3v) is 6.21. The van der Waals surface area contributed by atoms with Crippen molar-refractivity contribution in [3.63, 3.8) is 0 Å². The first kappa shape index (κ1) is 21.9. The Labute approximate surface area is 181 Å². The average molecular weight is 438 g/mol. The van der Waals surface area contributed by atoms with Gasteiger partial charge in [-0.05, 0) is 37.5 Å². The van der Waals surface area contributed by atoms with Gasteiger partial charge < -0.3 is 15.0 Å². The van der Waals surface area contributed by atoms with E-state index in [1.807, 2.05) is 32.0 Å². The molecule has 1 amide bonds. The summed E-state index contributed by atoms with van der Waals surface area (Å²) in [6.45, 7) is 11.9. The molecule has 2 aromatic rings. The largest absolute Gasteiger partial charge is 0.378 e. The Morgan fingerprint density at radius 3 is 2.69 bits per heavy atom. The highest BCUT2D eigenvalue weighted by molar-refractivity contribution is 8.00. The molecule has 3 rings (SSSR count). The number of carbonyl (C=O) groups excluding carboxylic acids is 1. The molecule has 29 heavy (non-hydrogen) atoms. The first-order valence-corrected chi connectivity index (χ1v) is 11.1. The minimum atomic E-state index is -0.332. The summed E-state index contributed by atoms with van der Waals surface area (Å²) >= 11 is 7.58. The normalized spacial score (nSPS) is 15.6. The molecular formula is C20H28ClN5O2S.